The van der Waals surface area contributed by atoms with Gasteiger partial charge < -0.3 is 15.2 Å². The molecule has 2 amide bonds. The normalized spacial score (nSPS) is 15.0. The Morgan fingerprint density at radius 1 is 1.07 bits per heavy atom. The molecule has 2 aromatic carbocycles. The van der Waals surface area contributed by atoms with Gasteiger partial charge >= 0.3 is 0 Å². The second-order valence-corrected chi connectivity index (χ2v) is 7.26. The molecule has 2 heterocycles. The van der Waals surface area contributed by atoms with Gasteiger partial charge in [-0.3, -0.25) is 9.59 Å². The minimum absolute atomic E-state index is 0.0698. The maximum atomic E-state index is 13.8. The molecule has 0 atom stereocenters. The maximum absolute atomic E-state index is 13.8. The van der Waals surface area contributed by atoms with E-state index in [4.69, 9.17) is 11.6 Å². The van der Waals surface area contributed by atoms with Crippen molar-refractivity contribution in [3.63, 3.8) is 0 Å². The van der Waals surface area contributed by atoms with E-state index in [2.05, 4.69) is 10.3 Å². The summed E-state index contributed by atoms with van der Waals surface area (Å²) in [5.41, 5.74) is 1.23. The molecule has 144 valence electrons. The van der Waals surface area contributed by atoms with Gasteiger partial charge in [-0.05, 0) is 31.0 Å². The number of hydrogen-bond donors (Lipinski definition) is 2. The number of halogens is 2. The fourth-order valence-corrected chi connectivity index (χ4v) is 3.85. The van der Waals surface area contributed by atoms with E-state index in [1.54, 1.807) is 17.0 Å². The van der Waals surface area contributed by atoms with Crippen LogP contribution in [0.4, 0.5) is 4.39 Å². The summed E-state index contributed by atoms with van der Waals surface area (Å²) in [5, 5.41) is 4.19. The predicted octanol–water partition coefficient (Wildman–Crippen LogP) is 4.00. The molecule has 7 heteroatoms. The molecule has 1 aliphatic heterocycles. The van der Waals surface area contributed by atoms with Gasteiger partial charge in [0.1, 0.15) is 11.5 Å². The number of fused-ring (bicyclic) bond motifs is 1. The zero-order valence-electron chi connectivity index (χ0n) is 15.0. The Bertz CT molecular complexity index is 1040. The SMILES string of the molecule is O=C(NC1CCN(C(=O)c2ccccc2F)CC1)c1[nH]c2ccccc2c1Cl. The highest BCUT2D eigenvalue weighted by Crippen LogP contribution is 2.27. The van der Waals surface area contributed by atoms with E-state index in [9.17, 15) is 14.0 Å². The fourth-order valence-electron chi connectivity index (χ4n) is 3.55. The number of nitrogens with zero attached hydrogens (tertiary/aromatic N) is 1. The first-order valence-corrected chi connectivity index (χ1v) is 9.53. The van der Waals surface area contributed by atoms with Crippen LogP contribution in [-0.2, 0) is 0 Å². The highest BCUT2D eigenvalue weighted by molar-refractivity contribution is 6.38. The molecule has 5 nitrogen and oxygen atoms in total. The van der Waals surface area contributed by atoms with Crippen LogP contribution in [0.25, 0.3) is 10.9 Å². The van der Waals surface area contributed by atoms with E-state index in [1.165, 1.54) is 12.1 Å². The van der Waals surface area contributed by atoms with Gasteiger partial charge in [0.15, 0.2) is 0 Å². The molecule has 1 aliphatic rings. The molecule has 0 radical (unpaired) electrons. The lowest BCUT2D eigenvalue weighted by Gasteiger charge is -2.32. The molecule has 1 aromatic heterocycles. The summed E-state index contributed by atoms with van der Waals surface area (Å²) in [4.78, 5) is 29.8. The zero-order chi connectivity index (χ0) is 19.7. The summed E-state index contributed by atoms with van der Waals surface area (Å²) >= 11 is 6.34. The van der Waals surface area contributed by atoms with E-state index >= 15 is 0 Å². The summed E-state index contributed by atoms with van der Waals surface area (Å²) < 4.78 is 13.8. The Balaban J connectivity index is 1.39. The summed E-state index contributed by atoms with van der Waals surface area (Å²) in [5.74, 6) is -1.10. The number of H-pyrrole nitrogens is 1. The lowest BCUT2D eigenvalue weighted by molar-refractivity contribution is 0.0693. The van der Waals surface area contributed by atoms with Gasteiger partial charge in [0.05, 0.1) is 10.6 Å². The summed E-state index contributed by atoms with van der Waals surface area (Å²) in [6.45, 7) is 0.914. The molecule has 3 aromatic rings. The Morgan fingerprint density at radius 3 is 2.46 bits per heavy atom. The highest BCUT2D eigenvalue weighted by atomic mass is 35.5. The number of carbonyl (C=O) groups excluding carboxylic acids is 2. The molecule has 1 fully saturated rings. The molecule has 1 saturated heterocycles. The van der Waals surface area contributed by atoms with Crippen molar-refractivity contribution in [1.29, 1.82) is 0 Å². The van der Waals surface area contributed by atoms with Crippen LogP contribution in [0.3, 0.4) is 0 Å². The standard InChI is InChI=1S/C21H19ClFN3O2/c22-18-15-6-2-4-8-17(15)25-19(18)20(27)24-13-9-11-26(12-10-13)21(28)14-5-1-3-7-16(14)23/h1-8,13,25H,9-12H2,(H,24,27). The van der Waals surface area contributed by atoms with E-state index in [0.717, 1.165) is 10.9 Å². The Labute approximate surface area is 166 Å². The number of hydrogen-bond acceptors (Lipinski definition) is 2. The molecular weight excluding hydrogens is 381 g/mol. The first kappa shape index (κ1) is 18.5. The number of benzene rings is 2. The predicted molar refractivity (Wildman–Crippen MR) is 106 cm³/mol. The molecule has 28 heavy (non-hydrogen) atoms. The summed E-state index contributed by atoms with van der Waals surface area (Å²) in [6, 6.07) is 13.4. The van der Waals surface area contributed by atoms with Crippen molar-refractivity contribution >= 4 is 34.3 Å². The number of carbonyl (C=O) groups is 2. The van der Waals surface area contributed by atoms with Gasteiger partial charge in [-0.25, -0.2) is 4.39 Å². The van der Waals surface area contributed by atoms with Crippen LogP contribution in [0.2, 0.25) is 5.02 Å². The molecule has 0 unspecified atom stereocenters. The van der Waals surface area contributed by atoms with Gasteiger partial charge in [-0.1, -0.05) is 41.9 Å². The van der Waals surface area contributed by atoms with E-state index in [-0.39, 0.29) is 23.4 Å². The second kappa shape index (κ2) is 7.64. The Kier molecular flexibility index (Phi) is 5.05. The quantitative estimate of drug-likeness (QED) is 0.699. The molecule has 0 aliphatic carbocycles. The van der Waals surface area contributed by atoms with Crippen molar-refractivity contribution < 1.29 is 14.0 Å². The van der Waals surface area contributed by atoms with Crippen molar-refractivity contribution in [2.75, 3.05) is 13.1 Å². The van der Waals surface area contributed by atoms with Gasteiger partial charge in [-0.15, -0.1) is 0 Å². The van der Waals surface area contributed by atoms with Crippen LogP contribution >= 0.6 is 11.6 Å². The van der Waals surface area contributed by atoms with E-state index < -0.39 is 5.82 Å². The van der Waals surface area contributed by atoms with Crippen molar-refractivity contribution in [3.8, 4) is 0 Å². The molecule has 0 saturated carbocycles. The van der Waals surface area contributed by atoms with Crippen LogP contribution in [0.15, 0.2) is 48.5 Å². The first-order chi connectivity index (χ1) is 13.5. The third-order valence-electron chi connectivity index (χ3n) is 5.09. The van der Waals surface area contributed by atoms with Crippen LogP contribution in [0.1, 0.15) is 33.7 Å². The van der Waals surface area contributed by atoms with Crippen molar-refractivity contribution in [2.45, 2.75) is 18.9 Å². The fraction of sp³-hybridized carbons (Fsp3) is 0.238. The minimum Gasteiger partial charge on any atom is -0.349 e. The third kappa shape index (κ3) is 3.47. The first-order valence-electron chi connectivity index (χ1n) is 9.15. The van der Waals surface area contributed by atoms with Crippen LogP contribution in [0, 0.1) is 5.82 Å². The average Bonchev–Trinajstić information content (AvgIpc) is 3.05. The summed E-state index contributed by atoms with van der Waals surface area (Å²) in [6.07, 6.45) is 1.20. The minimum atomic E-state index is -0.517. The lowest BCUT2D eigenvalue weighted by atomic mass is 10.0. The average molecular weight is 400 g/mol. The topological polar surface area (TPSA) is 65.2 Å². The van der Waals surface area contributed by atoms with Crippen LogP contribution in [-0.4, -0.2) is 40.8 Å². The zero-order valence-corrected chi connectivity index (χ0v) is 15.8. The second-order valence-electron chi connectivity index (χ2n) is 6.88. The van der Waals surface area contributed by atoms with Gasteiger partial charge in [-0.2, -0.15) is 0 Å². The molecule has 4 rings (SSSR count). The van der Waals surface area contributed by atoms with Crippen molar-refractivity contribution in [2.24, 2.45) is 0 Å². The molecule has 0 spiro atoms. The van der Waals surface area contributed by atoms with Gasteiger partial charge in [0.2, 0.25) is 0 Å². The van der Waals surface area contributed by atoms with Crippen LogP contribution < -0.4 is 5.32 Å². The van der Waals surface area contributed by atoms with Crippen molar-refractivity contribution in [1.82, 2.24) is 15.2 Å². The lowest BCUT2D eigenvalue weighted by Crippen LogP contribution is -2.46. The monoisotopic (exact) mass is 399 g/mol. The number of rotatable bonds is 3. The number of aromatic nitrogens is 1. The van der Waals surface area contributed by atoms with E-state index in [1.807, 2.05) is 24.3 Å². The van der Waals surface area contributed by atoms with Gasteiger partial charge in [0.25, 0.3) is 11.8 Å². The van der Waals surface area contributed by atoms with Crippen molar-refractivity contribution in [3.05, 3.63) is 70.6 Å². The number of likely N-dealkylation sites (tertiary alicyclic amines) is 1. The number of nitrogens with one attached hydrogen (secondary N) is 2. The van der Waals surface area contributed by atoms with Gasteiger partial charge in [0, 0.05) is 30.0 Å². The summed E-state index contributed by atoms with van der Waals surface area (Å²) in [7, 11) is 0. The number of para-hydroxylation sites is 1. The third-order valence-corrected chi connectivity index (χ3v) is 5.48. The largest absolute Gasteiger partial charge is 0.349 e. The molecule has 0 bridgehead atoms. The molecule has 2 N–H and O–H groups in total. The number of aromatic amines is 1. The highest BCUT2D eigenvalue weighted by Gasteiger charge is 2.27. The van der Waals surface area contributed by atoms with Crippen LogP contribution in [0.5, 0.6) is 0 Å². The Morgan fingerprint density at radius 2 is 1.75 bits per heavy atom. The smallest absolute Gasteiger partial charge is 0.269 e. The molecular formula is C21H19ClFN3O2. The van der Waals surface area contributed by atoms with E-state index in [0.29, 0.717) is 36.6 Å². The number of amides is 2. The maximum Gasteiger partial charge on any atom is 0.269 e. The number of piperidine rings is 1. The Hall–Kier alpha value is -2.86.